The van der Waals surface area contributed by atoms with Crippen molar-refractivity contribution in [2.24, 2.45) is 0 Å². The van der Waals surface area contributed by atoms with Crippen LogP contribution in [0.2, 0.25) is 5.02 Å². The topological polar surface area (TPSA) is 34.1 Å². The standard InChI is InChI=1S/C20H23ClO2S/c1-14(2)24(22,23)13-18-8-7-17-11-16(6-9-20(17)18)10-15-4-3-5-19(21)12-15/h3-6,9,11-12,14,18H,7-8,10,13H2,1-2H3. The normalized spacial score (nSPS) is 17.2. The van der Waals surface area contributed by atoms with Crippen molar-refractivity contribution in [2.75, 3.05) is 5.75 Å². The summed E-state index contributed by atoms with van der Waals surface area (Å²) in [5, 5.41) is 0.455. The van der Waals surface area contributed by atoms with Crippen LogP contribution < -0.4 is 0 Å². The van der Waals surface area contributed by atoms with Gasteiger partial charge in [-0.3, -0.25) is 0 Å². The number of halogens is 1. The van der Waals surface area contributed by atoms with Gasteiger partial charge in [0.05, 0.1) is 11.0 Å². The first-order valence-electron chi connectivity index (χ1n) is 8.43. The smallest absolute Gasteiger partial charge is 0.153 e. The number of aryl methyl sites for hydroxylation is 1. The van der Waals surface area contributed by atoms with Crippen molar-refractivity contribution < 1.29 is 8.42 Å². The summed E-state index contributed by atoms with van der Waals surface area (Å²) >= 11 is 6.05. The first-order chi connectivity index (χ1) is 11.3. The molecule has 0 aliphatic heterocycles. The third-order valence-corrected chi connectivity index (χ3v) is 7.40. The minimum atomic E-state index is -3.00. The van der Waals surface area contributed by atoms with Gasteiger partial charge in [-0.1, -0.05) is 41.9 Å². The van der Waals surface area contributed by atoms with Crippen LogP contribution in [-0.4, -0.2) is 19.4 Å². The highest BCUT2D eigenvalue weighted by molar-refractivity contribution is 7.92. The number of rotatable bonds is 5. The molecule has 1 unspecified atom stereocenters. The molecule has 1 atom stereocenters. The van der Waals surface area contributed by atoms with Gasteiger partial charge in [0.1, 0.15) is 0 Å². The van der Waals surface area contributed by atoms with Gasteiger partial charge < -0.3 is 0 Å². The molecular formula is C20H23ClO2S. The minimum Gasteiger partial charge on any atom is -0.229 e. The summed E-state index contributed by atoms with van der Waals surface area (Å²) in [5.41, 5.74) is 4.97. The van der Waals surface area contributed by atoms with Crippen LogP contribution in [0.1, 0.15) is 48.4 Å². The zero-order valence-corrected chi connectivity index (χ0v) is 15.7. The van der Waals surface area contributed by atoms with Gasteiger partial charge in [0.25, 0.3) is 0 Å². The third-order valence-electron chi connectivity index (χ3n) is 4.86. The predicted molar refractivity (Wildman–Crippen MR) is 101 cm³/mol. The first kappa shape index (κ1) is 17.5. The Kier molecular flexibility index (Phi) is 5.03. The Bertz CT molecular complexity index is 840. The molecule has 0 saturated carbocycles. The Labute approximate surface area is 149 Å². The van der Waals surface area contributed by atoms with Crippen LogP contribution in [0.25, 0.3) is 0 Å². The third kappa shape index (κ3) is 3.84. The number of benzene rings is 2. The molecule has 0 fully saturated rings. The van der Waals surface area contributed by atoms with E-state index in [2.05, 4.69) is 24.3 Å². The van der Waals surface area contributed by atoms with E-state index in [4.69, 9.17) is 11.6 Å². The Hall–Kier alpha value is -1.32. The van der Waals surface area contributed by atoms with Crippen LogP contribution in [0.15, 0.2) is 42.5 Å². The maximum atomic E-state index is 12.2. The number of hydrogen-bond acceptors (Lipinski definition) is 2. The molecule has 2 nitrogen and oxygen atoms in total. The van der Waals surface area contributed by atoms with Gasteiger partial charge >= 0.3 is 0 Å². The minimum absolute atomic E-state index is 0.146. The molecular weight excluding hydrogens is 340 g/mol. The van der Waals surface area contributed by atoms with Crippen LogP contribution in [0.4, 0.5) is 0 Å². The molecule has 24 heavy (non-hydrogen) atoms. The zero-order chi connectivity index (χ0) is 17.3. The van der Waals surface area contributed by atoms with E-state index in [1.165, 1.54) is 22.3 Å². The zero-order valence-electron chi connectivity index (χ0n) is 14.1. The number of fused-ring (bicyclic) bond motifs is 1. The molecule has 0 radical (unpaired) electrons. The molecule has 2 aromatic carbocycles. The van der Waals surface area contributed by atoms with Crippen molar-refractivity contribution in [1.82, 2.24) is 0 Å². The lowest BCUT2D eigenvalue weighted by molar-refractivity contribution is 0.578. The van der Waals surface area contributed by atoms with Crippen molar-refractivity contribution in [3.8, 4) is 0 Å². The van der Waals surface area contributed by atoms with Crippen molar-refractivity contribution in [1.29, 1.82) is 0 Å². The van der Waals surface area contributed by atoms with E-state index in [1.807, 2.05) is 18.2 Å². The Morgan fingerprint density at radius 1 is 1.12 bits per heavy atom. The largest absolute Gasteiger partial charge is 0.229 e. The molecule has 2 aromatic rings. The molecule has 1 aliphatic carbocycles. The average Bonchev–Trinajstić information content (AvgIpc) is 2.89. The number of hydrogen-bond donors (Lipinski definition) is 0. The second kappa shape index (κ2) is 6.89. The lowest BCUT2D eigenvalue weighted by atomic mass is 9.98. The van der Waals surface area contributed by atoms with Crippen LogP contribution in [0, 0.1) is 0 Å². The van der Waals surface area contributed by atoms with E-state index in [9.17, 15) is 8.42 Å². The second-order valence-electron chi connectivity index (χ2n) is 6.95. The summed E-state index contributed by atoms with van der Waals surface area (Å²) in [5.74, 6) is 0.415. The molecule has 0 amide bonds. The molecule has 0 heterocycles. The van der Waals surface area contributed by atoms with E-state index in [1.54, 1.807) is 13.8 Å². The Morgan fingerprint density at radius 3 is 2.58 bits per heavy atom. The summed E-state index contributed by atoms with van der Waals surface area (Å²) in [6.45, 7) is 3.53. The molecule has 3 rings (SSSR count). The molecule has 0 spiro atoms. The fourth-order valence-electron chi connectivity index (χ4n) is 3.40. The molecule has 0 N–H and O–H groups in total. The molecule has 0 aromatic heterocycles. The highest BCUT2D eigenvalue weighted by Crippen LogP contribution is 2.35. The fraction of sp³-hybridized carbons (Fsp3) is 0.400. The van der Waals surface area contributed by atoms with Gasteiger partial charge in [0, 0.05) is 5.02 Å². The Morgan fingerprint density at radius 2 is 1.88 bits per heavy atom. The van der Waals surface area contributed by atoms with Gasteiger partial charge in [-0.25, -0.2) is 8.42 Å². The lowest BCUT2D eigenvalue weighted by Gasteiger charge is -2.15. The van der Waals surface area contributed by atoms with Crippen molar-refractivity contribution in [2.45, 2.75) is 44.3 Å². The summed E-state index contributed by atoms with van der Waals surface area (Å²) in [6.07, 6.45) is 2.75. The number of sulfone groups is 1. The average molecular weight is 363 g/mol. The molecule has 0 bridgehead atoms. The Balaban J connectivity index is 1.78. The SMILES string of the molecule is CC(C)S(=O)(=O)CC1CCc2cc(Cc3cccc(Cl)c3)ccc21. The van der Waals surface area contributed by atoms with Crippen LogP contribution in [-0.2, 0) is 22.7 Å². The van der Waals surface area contributed by atoms with Crippen molar-refractivity contribution in [3.05, 3.63) is 69.7 Å². The fourth-order valence-corrected chi connectivity index (χ4v) is 4.90. The highest BCUT2D eigenvalue weighted by Gasteiger charge is 2.29. The maximum Gasteiger partial charge on any atom is 0.153 e. The van der Waals surface area contributed by atoms with Gasteiger partial charge in [0.2, 0.25) is 0 Å². The quantitative estimate of drug-likeness (QED) is 0.766. The van der Waals surface area contributed by atoms with Gasteiger partial charge in [-0.15, -0.1) is 0 Å². The van der Waals surface area contributed by atoms with Gasteiger partial charge in [-0.05, 0) is 73.4 Å². The van der Waals surface area contributed by atoms with E-state index in [0.29, 0.717) is 0 Å². The second-order valence-corrected chi connectivity index (χ2v) is 9.99. The van der Waals surface area contributed by atoms with Crippen LogP contribution in [0.3, 0.4) is 0 Å². The van der Waals surface area contributed by atoms with E-state index in [0.717, 1.165) is 24.3 Å². The summed E-state index contributed by atoms with van der Waals surface area (Å²) in [4.78, 5) is 0. The lowest BCUT2D eigenvalue weighted by Crippen LogP contribution is -2.21. The van der Waals surface area contributed by atoms with E-state index < -0.39 is 9.84 Å². The van der Waals surface area contributed by atoms with Gasteiger partial charge in [-0.2, -0.15) is 0 Å². The monoisotopic (exact) mass is 362 g/mol. The van der Waals surface area contributed by atoms with Gasteiger partial charge in [0.15, 0.2) is 9.84 Å². The van der Waals surface area contributed by atoms with Crippen LogP contribution in [0.5, 0.6) is 0 Å². The first-order valence-corrected chi connectivity index (χ1v) is 10.5. The molecule has 1 aliphatic rings. The summed E-state index contributed by atoms with van der Waals surface area (Å²) < 4.78 is 24.4. The maximum absolute atomic E-state index is 12.2. The summed E-state index contributed by atoms with van der Waals surface area (Å²) in [7, 11) is -3.00. The van der Waals surface area contributed by atoms with Crippen LogP contribution >= 0.6 is 11.6 Å². The predicted octanol–water partition coefficient (Wildman–Crippen LogP) is 4.78. The van der Waals surface area contributed by atoms with Crippen molar-refractivity contribution >= 4 is 21.4 Å². The van der Waals surface area contributed by atoms with Crippen molar-refractivity contribution in [3.63, 3.8) is 0 Å². The molecule has 128 valence electrons. The summed E-state index contributed by atoms with van der Waals surface area (Å²) in [6, 6.07) is 14.4. The van der Waals surface area contributed by atoms with E-state index >= 15 is 0 Å². The van der Waals surface area contributed by atoms with E-state index in [-0.39, 0.29) is 16.9 Å². The highest BCUT2D eigenvalue weighted by atomic mass is 35.5. The molecule has 4 heteroatoms. The molecule has 0 saturated heterocycles.